The highest BCUT2D eigenvalue weighted by Gasteiger charge is 2.42. The Bertz CT molecular complexity index is 365. The van der Waals surface area contributed by atoms with Crippen molar-refractivity contribution in [3.63, 3.8) is 0 Å². The molecule has 3 N–H and O–H groups in total. The first-order chi connectivity index (χ1) is 9.56. The first-order valence-corrected chi connectivity index (χ1v) is 8.24. The van der Waals surface area contributed by atoms with E-state index in [-0.39, 0.29) is 30.3 Å². The number of rotatable bonds is 6. The smallest absolute Gasteiger partial charge is 0.407 e. The molecule has 20 heavy (non-hydrogen) atoms. The second-order valence-electron chi connectivity index (χ2n) is 5.50. The number of unbranched alkanes of at least 4 members (excludes halogenated alkanes) is 1. The van der Waals surface area contributed by atoms with Crippen molar-refractivity contribution >= 4 is 23.9 Å². The highest BCUT2D eigenvalue weighted by atomic mass is 32.2. The van der Waals surface area contributed by atoms with Crippen molar-refractivity contribution in [2.45, 2.75) is 56.5 Å². The van der Waals surface area contributed by atoms with Crippen molar-refractivity contribution in [1.29, 1.82) is 0 Å². The first kappa shape index (κ1) is 15.3. The Morgan fingerprint density at radius 3 is 3.00 bits per heavy atom. The molecule has 6 nitrogen and oxygen atoms in total. The van der Waals surface area contributed by atoms with Crippen LogP contribution in [0, 0.1) is 0 Å². The number of urea groups is 1. The van der Waals surface area contributed by atoms with Gasteiger partial charge in [-0.1, -0.05) is 6.42 Å². The molecule has 2 saturated heterocycles. The lowest BCUT2D eigenvalue weighted by Crippen LogP contribution is -2.36. The van der Waals surface area contributed by atoms with Crippen molar-refractivity contribution in [3.05, 3.63) is 0 Å². The molecule has 0 bridgehead atoms. The van der Waals surface area contributed by atoms with E-state index < -0.39 is 0 Å². The Balaban J connectivity index is 1.55. The molecule has 2 aliphatic heterocycles. The van der Waals surface area contributed by atoms with Crippen LogP contribution in [0.15, 0.2) is 0 Å². The number of nitrogens with one attached hydrogen (secondary N) is 3. The quantitative estimate of drug-likeness (QED) is 0.512. The summed E-state index contributed by atoms with van der Waals surface area (Å²) in [5.74, 6) is 0.993. The van der Waals surface area contributed by atoms with Crippen LogP contribution < -0.4 is 16.0 Å². The zero-order chi connectivity index (χ0) is 14.5. The summed E-state index contributed by atoms with van der Waals surface area (Å²) in [5.41, 5.74) is 0. The molecule has 0 aromatic rings. The predicted octanol–water partition coefficient (Wildman–Crippen LogP) is 1.46. The number of amides is 3. The van der Waals surface area contributed by atoms with E-state index in [1.54, 1.807) is 0 Å². The van der Waals surface area contributed by atoms with Gasteiger partial charge in [0.25, 0.3) is 0 Å². The molecule has 2 rings (SSSR count). The third-order valence-electron chi connectivity index (χ3n) is 3.47. The molecule has 0 unspecified atom stereocenters. The van der Waals surface area contributed by atoms with E-state index in [9.17, 15) is 9.59 Å². The predicted molar refractivity (Wildman–Crippen MR) is 79.0 cm³/mol. The molecule has 2 fully saturated rings. The average molecular weight is 301 g/mol. The number of thioether (sulfide) groups is 1. The van der Waals surface area contributed by atoms with Gasteiger partial charge in [0.05, 0.1) is 18.2 Å². The van der Waals surface area contributed by atoms with Gasteiger partial charge in [0, 0.05) is 17.5 Å². The fourth-order valence-electron chi connectivity index (χ4n) is 2.56. The second-order valence-corrected chi connectivity index (χ2v) is 6.77. The Morgan fingerprint density at radius 2 is 2.25 bits per heavy atom. The van der Waals surface area contributed by atoms with Gasteiger partial charge in [0.2, 0.25) is 0 Å². The number of carbonyl (C=O) groups excluding carboxylic acids is 2. The molecule has 0 aromatic carbocycles. The first-order valence-electron chi connectivity index (χ1n) is 7.19. The molecule has 0 aliphatic carbocycles. The minimum Gasteiger partial charge on any atom is -0.447 e. The number of fused-ring (bicyclic) bond motifs is 1. The minimum atomic E-state index is -0.345. The lowest BCUT2D eigenvalue weighted by atomic mass is 10.0. The molecule has 2 aliphatic rings. The molecule has 0 spiro atoms. The molecule has 3 amide bonds. The summed E-state index contributed by atoms with van der Waals surface area (Å²) >= 11 is 1.92. The topological polar surface area (TPSA) is 79.5 Å². The zero-order valence-corrected chi connectivity index (χ0v) is 12.8. The van der Waals surface area contributed by atoms with Gasteiger partial charge < -0.3 is 20.7 Å². The molecule has 3 atom stereocenters. The fourth-order valence-corrected chi connectivity index (χ4v) is 4.10. The van der Waals surface area contributed by atoms with E-state index in [1.807, 2.05) is 25.6 Å². The van der Waals surface area contributed by atoms with Crippen LogP contribution in [0.3, 0.4) is 0 Å². The van der Waals surface area contributed by atoms with Crippen molar-refractivity contribution in [1.82, 2.24) is 16.0 Å². The van der Waals surface area contributed by atoms with Crippen molar-refractivity contribution in [2.24, 2.45) is 0 Å². The Morgan fingerprint density at radius 1 is 1.45 bits per heavy atom. The van der Waals surface area contributed by atoms with Crippen LogP contribution >= 0.6 is 11.8 Å². The molecule has 114 valence electrons. The van der Waals surface area contributed by atoms with Gasteiger partial charge in [0.1, 0.15) is 0 Å². The molecular weight excluding hydrogens is 278 g/mol. The maximum atomic E-state index is 11.3. The SMILES string of the molecule is CC(C)OC(=O)NCCCC[C@@H]1SC[C@@H]2NC(=O)N[C@@H]21. The molecule has 7 heteroatoms. The maximum absolute atomic E-state index is 11.3. The minimum absolute atomic E-state index is 0.0385. The van der Waals surface area contributed by atoms with E-state index >= 15 is 0 Å². The molecular formula is C13H23N3O3S. The lowest BCUT2D eigenvalue weighted by Gasteiger charge is -2.16. The number of carbonyl (C=O) groups is 2. The summed E-state index contributed by atoms with van der Waals surface area (Å²) in [6, 6.07) is 0.520. The third kappa shape index (κ3) is 4.19. The highest BCUT2D eigenvalue weighted by Crippen LogP contribution is 2.32. The van der Waals surface area contributed by atoms with E-state index in [0.717, 1.165) is 25.0 Å². The van der Waals surface area contributed by atoms with E-state index in [0.29, 0.717) is 11.8 Å². The lowest BCUT2D eigenvalue weighted by molar-refractivity contribution is 0.115. The summed E-state index contributed by atoms with van der Waals surface area (Å²) in [4.78, 5) is 22.5. The van der Waals surface area contributed by atoms with E-state index in [2.05, 4.69) is 16.0 Å². The van der Waals surface area contributed by atoms with Crippen LogP contribution in [-0.2, 0) is 4.74 Å². The van der Waals surface area contributed by atoms with Crippen LogP contribution in [-0.4, -0.2) is 47.9 Å². The van der Waals surface area contributed by atoms with Crippen LogP contribution in [0.2, 0.25) is 0 Å². The Kier molecular flexibility index (Phi) is 5.39. The number of ether oxygens (including phenoxy) is 1. The number of hydrogen-bond acceptors (Lipinski definition) is 4. The molecule has 2 heterocycles. The van der Waals surface area contributed by atoms with Gasteiger partial charge in [-0.3, -0.25) is 0 Å². The third-order valence-corrected chi connectivity index (χ3v) is 4.97. The summed E-state index contributed by atoms with van der Waals surface area (Å²) in [5, 5.41) is 9.15. The second kappa shape index (κ2) is 7.06. The average Bonchev–Trinajstić information content (AvgIpc) is 2.88. The molecule has 0 radical (unpaired) electrons. The van der Waals surface area contributed by atoms with Crippen molar-refractivity contribution < 1.29 is 14.3 Å². The largest absolute Gasteiger partial charge is 0.447 e. The van der Waals surface area contributed by atoms with Gasteiger partial charge in [-0.15, -0.1) is 0 Å². The summed E-state index contributed by atoms with van der Waals surface area (Å²) < 4.78 is 4.99. The Labute approximate surface area is 123 Å². The molecule has 0 aromatic heterocycles. The monoisotopic (exact) mass is 301 g/mol. The van der Waals surface area contributed by atoms with Crippen LogP contribution in [0.25, 0.3) is 0 Å². The van der Waals surface area contributed by atoms with Crippen LogP contribution in [0.5, 0.6) is 0 Å². The summed E-state index contributed by atoms with van der Waals surface area (Å²) in [6.45, 7) is 4.30. The highest BCUT2D eigenvalue weighted by molar-refractivity contribution is 8.00. The normalized spacial score (nSPS) is 27.9. The Hall–Kier alpha value is -1.11. The van der Waals surface area contributed by atoms with Gasteiger partial charge >= 0.3 is 12.1 Å². The standard InChI is InChI=1S/C13H23N3O3S/c1-8(2)19-13(18)14-6-4-3-5-10-11-9(7-20-10)15-12(17)16-11/h8-11H,3-7H2,1-2H3,(H,14,18)(H2,15,16,17)/t9-,10-,11-/m0/s1. The number of hydrogen-bond donors (Lipinski definition) is 3. The van der Waals surface area contributed by atoms with E-state index in [1.165, 1.54) is 0 Å². The molecule has 0 saturated carbocycles. The van der Waals surface area contributed by atoms with Crippen molar-refractivity contribution in [2.75, 3.05) is 12.3 Å². The summed E-state index contributed by atoms with van der Waals surface area (Å²) in [7, 11) is 0. The van der Waals surface area contributed by atoms with Gasteiger partial charge in [-0.05, 0) is 26.7 Å². The van der Waals surface area contributed by atoms with Crippen molar-refractivity contribution in [3.8, 4) is 0 Å². The zero-order valence-electron chi connectivity index (χ0n) is 12.0. The maximum Gasteiger partial charge on any atom is 0.407 e. The van der Waals surface area contributed by atoms with E-state index in [4.69, 9.17) is 4.74 Å². The number of alkyl carbamates (subject to hydrolysis) is 1. The fraction of sp³-hybridized carbons (Fsp3) is 0.846. The van der Waals surface area contributed by atoms with Crippen LogP contribution in [0.1, 0.15) is 33.1 Å². The van der Waals surface area contributed by atoms with Gasteiger partial charge in [-0.25, -0.2) is 9.59 Å². The summed E-state index contributed by atoms with van der Waals surface area (Å²) in [6.07, 6.45) is 2.61. The van der Waals surface area contributed by atoms with Gasteiger partial charge in [0.15, 0.2) is 0 Å². The van der Waals surface area contributed by atoms with Crippen LogP contribution in [0.4, 0.5) is 9.59 Å². The van der Waals surface area contributed by atoms with Gasteiger partial charge in [-0.2, -0.15) is 11.8 Å².